The first-order valence-electron chi connectivity index (χ1n) is 22.3. The Balaban J connectivity index is 1.17. The van der Waals surface area contributed by atoms with Crippen LogP contribution in [0.15, 0.2) is 231 Å². The van der Waals surface area contributed by atoms with Gasteiger partial charge >= 0.3 is 0 Å². The van der Waals surface area contributed by atoms with E-state index in [0.29, 0.717) is 0 Å². The molecule has 63 heavy (non-hydrogen) atoms. The highest BCUT2D eigenvalue weighted by Crippen LogP contribution is 2.62. The molecule has 0 unspecified atom stereocenters. The van der Waals surface area contributed by atoms with Gasteiger partial charge in [-0.15, -0.1) is 0 Å². The van der Waals surface area contributed by atoms with E-state index in [9.17, 15) is 0 Å². The lowest BCUT2D eigenvalue weighted by molar-refractivity contribution is 0.660. The lowest BCUT2D eigenvalue weighted by Gasteiger charge is -2.46. The van der Waals surface area contributed by atoms with Crippen molar-refractivity contribution >= 4 is 10.8 Å². The third kappa shape index (κ3) is 4.71. The molecular formula is C63H44. The summed E-state index contributed by atoms with van der Waals surface area (Å²) in [6, 6.07) is 87.4. The summed E-state index contributed by atoms with van der Waals surface area (Å²) in [5.74, 6) is 0. The molecule has 0 radical (unpaired) electrons. The second-order valence-corrected chi connectivity index (χ2v) is 18.3. The second kappa shape index (κ2) is 13.2. The fourth-order valence-corrected chi connectivity index (χ4v) is 12.4. The number of hydrogen-bond acceptors (Lipinski definition) is 0. The van der Waals surface area contributed by atoms with Gasteiger partial charge in [0.2, 0.25) is 0 Å². The molecule has 0 N–H and O–H groups in total. The summed E-state index contributed by atoms with van der Waals surface area (Å²) in [7, 11) is 0. The predicted molar refractivity (Wildman–Crippen MR) is 262 cm³/mol. The average molecular weight is 801 g/mol. The molecule has 0 saturated heterocycles. The highest BCUT2D eigenvalue weighted by Gasteiger charge is 2.49. The van der Waals surface area contributed by atoms with E-state index in [1.165, 1.54) is 111 Å². The van der Waals surface area contributed by atoms with Gasteiger partial charge in [-0.05, 0) is 123 Å². The largest absolute Gasteiger partial charge is 0.0713 e. The molecule has 10 aromatic rings. The molecule has 0 amide bonds. The van der Waals surface area contributed by atoms with Crippen LogP contribution in [-0.2, 0) is 16.2 Å². The minimum absolute atomic E-state index is 0.0860. The van der Waals surface area contributed by atoms with Crippen molar-refractivity contribution in [1.29, 1.82) is 0 Å². The fourth-order valence-electron chi connectivity index (χ4n) is 12.4. The van der Waals surface area contributed by atoms with E-state index in [4.69, 9.17) is 0 Å². The standard InChI is InChI=1S/C63H44/c1-61(2)53-29-17-15-27-47(53)49-33-31-42(40-58(49)61)41-32-36-55-52(39-41)51-35-34-50-48-28-16-18-30-54(48)62(43-19-7-3-8-20-43,44-21-9-4-10-22-44)56-37-38-57(60(51)59(50)56)63(55,45-23-11-5-12-24-45)46-25-13-6-14-26-46/h3-40H,1-2H3. The number of fused-ring (bicyclic) bond motifs is 7. The van der Waals surface area contributed by atoms with Gasteiger partial charge in [-0.25, -0.2) is 0 Å². The smallest absolute Gasteiger partial charge is 0.0622 e. The summed E-state index contributed by atoms with van der Waals surface area (Å²) in [5, 5.41) is 2.67. The Morgan fingerprint density at radius 2 is 0.587 bits per heavy atom. The molecule has 13 rings (SSSR count). The van der Waals surface area contributed by atoms with E-state index in [-0.39, 0.29) is 5.41 Å². The highest BCUT2D eigenvalue weighted by molar-refractivity contribution is 6.15. The Kier molecular flexibility index (Phi) is 7.59. The quantitative estimate of drug-likeness (QED) is 0.163. The summed E-state index contributed by atoms with van der Waals surface area (Å²) < 4.78 is 0. The van der Waals surface area contributed by atoms with Crippen LogP contribution < -0.4 is 0 Å². The van der Waals surface area contributed by atoms with Crippen LogP contribution in [0.5, 0.6) is 0 Å². The van der Waals surface area contributed by atoms with Crippen molar-refractivity contribution in [3.63, 3.8) is 0 Å². The fraction of sp³-hybridized carbons (Fsp3) is 0.0794. The van der Waals surface area contributed by atoms with Gasteiger partial charge in [0.1, 0.15) is 0 Å². The van der Waals surface area contributed by atoms with Crippen molar-refractivity contribution in [3.05, 3.63) is 286 Å². The molecule has 0 saturated carbocycles. The van der Waals surface area contributed by atoms with Crippen molar-refractivity contribution < 1.29 is 0 Å². The van der Waals surface area contributed by atoms with Gasteiger partial charge in [0.15, 0.2) is 0 Å². The molecule has 0 aromatic heterocycles. The first kappa shape index (κ1) is 36.1. The Bertz CT molecular complexity index is 3370. The first-order chi connectivity index (χ1) is 31.0. The van der Waals surface area contributed by atoms with Gasteiger partial charge < -0.3 is 0 Å². The third-order valence-corrected chi connectivity index (χ3v) is 15.0. The topological polar surface area (TPSA) is 0 Å². The van der Waals surface area contributed by atoms with Crippen molar-refractivity contribution in [2.75, 3.05) is 0 Å². The van der Waals surface area contributed by atoms with Gasteiger partial charge in [0.05, 0.1) is 10.8 Å². The van der Waals surface area contributed by atoms with E-state index in [1.807, 2.05) is 0 Å². The summed E-state index contributed by atoms with van der Waals surface area (Å²) in [5.41, 5.74) is 22.2. The first-order valence-corrected chi connectivity index (χ1v) is 22.3. The van der Waals surface area contributed by atoms with Crippen LogP contribution in [0.25, 0.3) is 55.3 Å². The Morgan fingerprint density at radius 1 is 0.238 bits per heavy atom. The van der Waals surface area contributed by atoms with Crippen LogP contribution >= 0.6 is 0 Å². The lowest BCUT2D eigenvalue weighted by Crippen LogP contribution is -2.36. The zero-order chi connectivity index (χ0) is 41.9. The normalized spacial score (nSPS) is 15.2. The second-order valence-electron chi connectivity index (χ2n) is 18.3. The molecule has 10 aromatic carbocycles. The van der Waals surface area contributed by atoms with Crippen LogP contribution in [0.1, 0.15) is 69.5 Å². The SMILES string of the molecule is CC1(C)c2ccccc2-c2ccc(-c3ccc4c(c3)-c3ccc5c6c(ccc(c36)C4(c3ccccc3)c3ccccc3)C(c3ccccc3)(c3ccccc3)c3ccccc3-5)cc21. The maximum Gasteiger partial charge on any atom is 0.0713 e. The zero-order valence-electron chi connectivity index (χ0n) is 35.4. The summed E-state index contributed by atoms with van der Waals surface area (Å²) in [6.07, 6.45) is 0. The maximum absolute atomic E-state index is 2.51. The summed E-state index contributed by atoms with van der Waals surface area (Å²) in [6.45, 7) is 4.75. The van der Waals surface area contributed by atoms with E-state index in [2.05, 4.69) is 244 Å². The number of rotatable bonds is 5. The van der Waals surface area contributed by atoms with Gasteiger partial charge in [0.25, 0.3) is 0 Å². The molecular weight excluding hydrogens is 757 g/mol. The molecule has 0 heteroatoms. The molecule has 0 spiro atoms. The van der Waals surface area contributed by atoms with E-state index >= 15 is 0 Å². The minimum atomic E-state index is -0.596. The molecule has 3 aliphatic rings. The number of benzene rings is 10. The zero-order valence-corrected chi connectivity index (χ0v) is 35.4. The van der Waals surface area contributed by atoms with Gasteiger partial charge in [-0.1, -0.05) is 232 Å². The van der Waals surface area contributed by atoms with Crippen molar-refractivity contribution in [1.82, 2.24) is 0 Å². The Hall–Kier alpha value is -7.54. The molecule has 0 heterocycles. The average Bonchev–Trinajstić information content (AvgIpc) is 3.58. The van der Waals surface area contributed by atoms with Crippen LogP contribution in [-0.4, -0.2) is 0 Å². The third-order valence-electron chi connectivity index (χ3n) is 15.0. The molecule has 3 aliphatic carbocycles. The van der Waals surface area contributed by atoms with E-state index < -0.39 is 10.8 Å². The van der Waals surface area contributed by atoms with Gasteiger partial charge in [-0.3, -0.25) is 0 Å². The van der Waals surface area contributed by atoms with Crippen LogP contribution in [0.4, 0.5) is 0 Å². The Labute approximate surface area is 369 Å². The lowest BCUT2D eigenvalue weighted by atomic mass is 9.55. The van der Waals surface area contributed by atoms with E-state index in [1.54, 1.807) is 0 Å². The maximum atomic E-state index is 2.51. The molecule has 296 valence electrons. The Morgan fingerprint density at radius 3 is 1.11 bits per heavy atom. The van der Waals surface area contributed by atoms with Crippen LogP contribution in [0.2, 0.25) is 0 Å². The summed E-state index contributed by atoms with van der Waals surface area (Å²) in [4.78, 5) is 0. The van der Waals surface area contributed by atoms with Crippen molar-refractivity contribution in [2.24, 2.45) is 0 Å². The predicted octanol–water partition coefficient (Wildman–Crippen LogP) is 15.5. The molecule has 0 aliphatic heterocycles. The van der Waals surface area contributed by atoms with Gasteiger partial charge in [0, 0.05) is 5.41 Å². The monoisotopic (exact) mass is 800 g/mol. The van der Waals surface area contributed by atoms with Crippen molar-refractivity contribution in [2.45, 2.75) is 30.1 Å². The summed E-state index contributed by atoms with van der Waals surface area (Å²) >= 11 is 0. The van der Waals surface area contributed by atoms with Gasteiger partial charge in [-0.2, -0.15) is 0 Å². The minimum Gasteiger partial charge on any atom is -0.0622 e. The van der Waals surface area contributed by atoms with Crippen molar-refractivity contribution in [3.8, 4) is 44.5 Å². The highest BCUT2D eigenvalue weighted by atomic mass is 14.5. The molecule has 0 fully saturated rings. The molecule has 0 bridgehead atoms. The van der Waals surface area contributed by atoms with Crippen LogP contribution in [0.3, 0.4) is 0 Å². The molecule has 0 atom stereocenters. The number of hydrogen-bond donors (Lipinski definition) is 0. The van der Waals surface area contributed by atoms with E-state index in [0.717, 1.165) is 0 Å². The van der Waals surface area contributed by atoms with Crippen LogP contribution in [0, 0.1) is 0 Å². The molecule has 0 nitrogen and oxygen atoms in total.